The number of piperidine rings is 1. The van der Waals surface area contributed by atoms with E-state index in [-0.39, 0.29) is 17.6 Å². The minimum Gasteiger partial charge on any atom is -0.338 e. The number of carbonyl (C=O) groups excluding carboxylic acids is 1. The van der Waals surface area contributed by atoms with Crippen molar-refractivity contribution >= 4 is 5.91 Å². The number of aryl methyl sites for hydroxylation is 1. The molecule has 110 valence electrons. The maximum atomic E-state index is 12.9. The molecule has 0 radical (unpaired) electrons. The molecule has 0 saturated carbocycles. The summed E-state index contributed by atoms with van der Waals surface area (Å²) in [5.74, 6) is 0.526. The molecular formula is C14H16FN5O. The van der Waals surface area contributed by atoms with Crippen LogP contribution in [0.2, 0.25) is 0 Å². The molecule has 3 rings (SSSR count). The molecule has 1 unspecified atom stereocenters. The second-order valence-electron chi connectivity index (χ2n) is 5.26. The molecular weight excluding hydrogens is 273 g/mol. The zero-order chi connectivity index (χ0) is 14.8. The molecule has 0 N–H and O–H groups in total. The van der Waals surface area contributed by atoms with Crippen molar-refractivity contribution in [3.8, 4) is 0 Å². The van der Waals surface area contributed by atoms with E-state index in [1.54, 1.807) is 16.6 Å². The number of aromatic nitrogens is 4. The van der Waals surface area contributed by atoms with E-state index in [4.69, 9.17) is 0 Å². The Hall–Kier alpha value is -2.31. The lowest BCUT2D eigenvalue weighted by Gasteiger charge is -2.32. The summed E-state index contributed by atoms with van der Waals surface area (Å²) in [5, 5.41) is 11.5. The van der Waals surface area contributed by atoms with E-state index in [0.717, 1.165) is 18.7 Å². The smallest absolute Gasteiger partial charge is 0.253 e. The van der Waals surface area contributed by atoms with Gasteiger partial charge in [-0.1, -0.05) is 0 Å². The number of nitrogens with zero attached hydrogens (tertiary/aromatic N) is 5. The van der Waals surface area contributed by atoms with Crippen LogP contribution in [0.4, 0.5) is 4.39 Å². The summed E-state index contributed by atoms with van der Waals surface area (Å²) in [5.41, 5.74) is 0.508. The van der Waals surface area contributed by atoms with Crippen molar-refractivity contribution in [1.82, 2.24) is 25.1 Å². The van der Waals surface area contributed by atoms with Crippen molar-refractivity contribution in [2.75, 3.05) is 13.1 Å². The average Bonchev–Trinajstić information content (AvgIpc) is 2.94. The summed E-state index contributed by atoms with van der Waals surface area (Å²) < 4.78 is 14.6. The number of benzene rings is 1. The molecule has 1 aromatic carbocycles. The van der Waals surface area contributed by atoms with Crippen LogP contribution in [0, 0.1) is 5.82 Å². The Balaban J connectivity index is 1.75. The second kappa shape index (κ2) is 5.59. The summed E-state index contributed by atoms with van der Waals surface area (Å²) in [4.78, 5) is 14.2. The van der Waals surface area contributed by atoms with Crippen LogP contribution in [0.3, 0.4) is 0 Å². The normalized spacial score (nSPS) is 18.8. The molecule has 2 aromatic rings. The number of tetrazole rings is 1. The highest BCUT2D eigenvalue weighted by molar-refractivity contribution is 5.94. The van der Waals surface area contributed by atoms with Crippen molar-refractivity contribution in [2.45, 2.75) is 18.8 Å². The number of amides is 1. The Labute approximate surface area is 121 Å². The molecule has 0 spiro atoms. The van der Waals surface area contributed by atoms with Crippen molar-refractivity contribution < 1.29 is 9.18 Å². The fraction of sp³-hybridized carbons (Fsp3) is 0.429. The van der Waals surface area contributed by atoms with Gasteiger partial charge in [-0.3, -0.25) is 4.79 Å². The third kappa shape index (κ3) is 2.76. The zero-order valence-corrected chi connectivity index (χ0v) is 11.7. The minimum atomic E-state index is -0.340. The van der Waals surface area contributed by atoms with Crippen LogP contribution in [0.1, 0.15) is 34.9 Å². The quantitative estimate of drug-likeness (QED) is 0.837. The topological polar surface area (TPSA) is 63.9 Å². The lowest BCUT2D eigenvalue weighted by atomic mass is 9.96. The lowest BCUT2D eigenvalue weighted by molar-refractivity contribution is 0.0703. The Bertz CT molecular complexity index is 639. The van der Waals surface area contributed by atoms with Crippen LogP contribution in [-0.2, 0) is 7.05 Å². The molecule has 0 bridgehead atoms. The van der Waals surface area contributed by atoms with Gasteiger partial charge in [0.15, 0.2) is 5.82 Å². The third-order valence-corrected chi connectivity index (χ3v) is 3.82. The van der Waals surface area contributed by atoms with Gasteiger partial charge in [0.25, 0.3) is 5.91 Å². The number of halogens is 1. The van der Waals surface area contributed by atoms with E-state index < -0.39 is 0 Å². The van der Waals surface area contributed by atoms with Crippen LogP contribution in [0.25, 0.3) is 0 Å². The van der Waals surface area contributed by atoms with E-state index in [9.17, 15) is 9.18 Å². The van der Waals surface area contributed by atoms with E-state index in [2.05, 4.69) is 15.5 Å². The number of likely N-dealkylation sites (tertiary alicyclic amines) is 1. The van der Waals surface area contributed by atoms with Gasteiger partial charge in [0.05, 0.1) is 0 Å². The number of hydrogen-bond acceptors (Lipinski definition) is 4. The van der Waals surface area contributed by atoms with Gasteiger partial charge in [-0.2, -0.15) is 0 Å². The number of rotatable bonds is 2. The van der Waals surface area contributed by atoms with Gasteiger partial charge in [-0.15, -0.1) is 5.10 Å². The first-order chi connectivity index (χ1) is 10.1. The summed E-state index contributed by atoms with van der Waals surface area (Å²) in [6.07, 6.45) is 1.87. The summed E-state index contributed by atoms with van der Waals surface area (Å²) >= 11 is 0. The first kappa shape index (κ1) is 13.7. The van der Waals surface area contributed by atoms with E-state index in [1.807, 2.05) is 0 Å². The van der Waals surface area contributed by atoms with Crippen LogP contribution >= 0.6 is 0 Å². The molecule has 1 fully saturated rings. The molecule has 2 heterocycles. The number of hydrogen-bond donors (Lipinski definition) is 0. The van der Waals surface area contributed by atoms with Crippen LogP contribution in [-0.4, -0.2) is 44.1 Å². The minimum absolute atomic E-state index is 0.0742. The highest BCUT2D eigenvalue weighted by Crippen LogP contribution is 2.25. The predicted octanol–water partition coefficient (Wildman–Crippen LogP) is 1.37. The van der Waals surface area contributed by atoms with E-state index >= 15 is 0 Å². The van der Waals surface area contributed by atoms with Crippen molar-refractivity contribution in [3.63, 3.8) is 0 Å². The Morgan fingerprint density at radius 1 is 1.33 bits per heavy atom. The van der Waals surface area contributed by atoms with Gasteiger partial charge in [0.2, 0.25) is 0 Å². The SMILES string of the molecule is Cn1nnnc1C1CCCN(C(=O)c2ccc(F)cc2)C1. The lowest BCUT2D eigenvalue weighted by Crippen LogP contribution is -2.39. The summed E-state index contributed by atoms with van der Waals surface area (Å²) in [6, 6.07) is 5.65. The summed E-state index contributed by atoms with van der Waals surface area (Å²) in [6.45, 7) is 1.29. The fourth-order valence-electron chi connectivity index (χ4n) is 2.73. The van der Waals surface area contributed by atoms with Gasteiger partial charge in [-0.05, 0) is 47.5 Å². The molecule has 21 heavy (non-hydrogen) atoms. The van der Waals surface area contributed by atoms with Crippen molar-refractivity contribution in [3.05, 3.63) is 41.5 Å². The van der Waals surface area contributed by atoms with Gasteiger partial charge in [-0.25, -0.2) is 9.07 Å². The molecule has 1 saturated heterocycles. The Morgan fingerprint density at radius 2 is 2.10 bits per heavy atom. The van der Waals surface area contributed by atoms with Crippen LogP contribution < -0.4 is 0 Å². The summed E-state index contributed by atoms with van der Waals surface area (Å²) in [7, 11) is 1.80. The average molecular weight is 289 g/mol. The standard InChI is InChI=1S/C14H16FN5O/c1-19-13(16-17-18-19)11-3-2-8-20(9-11)14(21)10-4-6-12(15)7-5-10/h4-7,11H,2-3,8-9H2,1H3. The van der Waals surface area contributed by atoms with Crippen LogP contribution in [0.15, 0.2) is 24.3 Å². The molecule has 7 heteroatoms. The van der Waals surface area contributed by atoms with Gasteiger partial charge < -0.3 is 4.90 Å². The second-order valence-corrected chi connectivity index (χ2v) is 5.26. The Morgan fingerprint density at radius 3 is 2.76 bits per heavy atom. The molecule has 6 nitrogen and oxygen atoms in total. The maximum Gasteiger partial charge on any atom is 0.253 e. The van der Waals surface area contributed by atoms with Crippen LogP contribution in [0.5, 0.6) is 0 Å². The highest BCUT2D eigenvalue weighted by Gasteiger charge is 2.28. The third-order valence-electron chi connectivity index (χ3n) is 3.82. The predicted molar refractivity (Wildman–Crippen MR) is 73.1 cm³/mol. The first-order valence-electron chi connectivity index (χ1n) is 6.92. The molecule has 1 aromatic heterocycles. The zero-order valence-electron chi connectivity index (χ0n) is 11.7. The first-order valence-corrected chi connectivity index (χ1v) is 6.92. The van der Waals surface area contributed by atoms with Gasteiger partial charge in [0, 0.05) is 31.6 Å². The van der Waals surface area contributed by atoms with E-state index in [1.165, 1.54) is 24.3 Å². The molecule has 1 aliphatic heterocycles. The van der Waals surface area contributed by atoms with Gasteiger partial charge >= 0.3 is 0 Å². The molecule has 1 aliphatic rings. The molecule has 1 amide bonds. The van der Waals surface area contributed by atoms with E-state index in [0.29, 0.717) is 18.7 Å². The maximum absolute atomic E-state index is 12.9. The van der Waals surface area contributed by atoms with Crippen molar-refractivity contribution in [2.24, 2.45) is 7.05 Å². The molecule has 1 atom stereocenters. The number of carbonyl (C=O) groups is 1. The monoisotopic (exact) mass is 289 g/mol. The molecule has 0 aliphatic carbocycles. The highest BCUT2D eigenvalue weighted by atomic mass is 19.1. The fourth-order valence-corrected chi connectivity index (χ4v) is 2.73. The van der Waals surface area contributed by atoms with Gasteiger partial charge in [0.1, 0.15) is 5.82 Å². The Kier molecular flexibility index (Phi) is 3.64. The van der Waals surface area contributed by atoms with Crippen molar-refractivity contribution in [1.29, 1.82) is 0 Å². The largest absolute Gasteiger partial charge is 0.338 e.